The number of carbonyl (C=O) groups is 3. The first kappa shape index (κ1) is 13.8. The van der Waals surface area contributed by atoms with Crippen molar-refractivity contribution in [2.45, 2.75) is 31.1 Å². The molecule has 1 aliphatic rings. The van der Waals surface area contributed by atoms with Crippen molar-refractivity contribution >= 4 is 29.5 Å². The molecule has 0 aromatic heterocycles. The lowest BCUT2D eigenvalue weighted by Gasteiger charge is -2.25. The van der Waals surface area contributed by atoms with Gasteiger partial charge in [0, 0.05) is 18.7 Å². The molecule has 17 heavy (non-hydrogen) atoms. The average Bonchev–Trinajstić information content (AvgIpc) is 2.28. The van der Waals surface area contributed by atoms with Gasteiger partial charge in [0.2, 0.25) is 11.8 Å². The summed E-state index contributed by atoms with van der Waals surface area (Å²) in [5.41, 5.74) is 0. The zero-order valence-electron chi connectivity index (χ0n) is 9.56. The smallest absolute Gasteiger partial charge is 0.327 e. The predicted octanol–water partition coefficient (Wildman–Crippen LogP) is -0.412. The van der Waals surface area contributed by atoms with E-state index in [1.54, 1.807) is 0 Å². The van der Waals surface area contributed by atoms with E-state index >= 15 is 0 Å². The van der Waals surface area contributed by atoms with Crippen LogP contribution >= 0.6 is 11.8 Å². The minimum absolute atomic E-state index is 0.100. The lowest BCUT2D eigenvalue weighted by Crippen LogP contribution is -2.51. The van der Waals surface area contributed by atoms with E-state index in [1.807, 2.05) is 6.92 Å². The van der Waals surface area contributed by atoms with Gasteiger partial charge in [-0.1, -0.05) is 6.92 Å². The first-order valence-corrected chi connectivity index (χ1v) is 6.51. The molecule has 0 aromatic carbocycles. The lowest BCUT2D eigenvalue weighted by molar-refractivity contribution is -0.141. The third-order valence-electron chi connectivity index (χ3n) is 2.31. The van der Waals surface area contributed by atoms with Crippen molar-refractivity contribution in [3.05, 3.63) is 0 Å². The summed E-state index contributed by atoms with van der Waals surface area (Å²) in [7, 11) is 0. The molecule has 96 valence electrons. The second-order valence-electron chi connectivity index (χ2n) is 3.78. The van der Waals surface area contributed by atoms with Gasteiger partial charge in [-0.25, -0.2) is 4.79 Å². The van der Waals surface area contributed by atoms with Crippen molar-refractivity contribution in [1.29, 1.82) is 0 Å². The first-order chi connectivity index (χ1) is 8.04. The molecule has 0 aromatic rings. The number of amides is 2. The Morgan fingerprint density at radius 3 is 2.82 bits per heavy atom. The van der Waals surface area contributed by atoms with Gasteiger partial charge < -0.3 is 15.7 Å². The normalized spacial score (nSPS) is 23.9. The number of nitrogens with one attached hydrogen (secondary N) is 2. The largest absolute Gasteiger partial charge is 0.480 e. The third kappa shape index (κ3) is 4.26. The summed E-state index contributed by atoms with van der Waals surface area (Å²) < 4.78 is 0. The molecule has 1 saturated heterocycles. The van der Waals surface area contributed by atoms with Crippen LogP contribution in [0, 0.1) is 0 Å². The fourth-order valence-electron chi connectivity index (χ4n) is 1.38. The van der Waals surface area contributed by atoms with Crippen molar-refractivity contribution < 1.29 is 19.5 Å². The molecule has 1 rings (SSSR count). The fraction of sp³-hybridized carbons (Fsp3) is 0.700. The van der Waals surface area contributed by atoms with Crippen molar-refractivity contribution in [3.63, 3.8) is 0 Å². The summed E-state index contributed by atoms with van der Waals surface area (Å²) in [6.45, 7) is 2.54. The number of hydrogen-bond acceptors (Lipinski definition) is 4. The van der Waals surface area contributed by atoms with Crippen LogP contribution in [-0.4, -0.2) is 46.5 Å². The number of hydrogen-bond donors (Lipinski definition) is 3. The van der Waals surface area contributed by atoms with E-state index in [9.17, 15) is 14.4 Å². The van der Waals surface area contributed by atoms with Gasteiger partial charge in [0.1, 0.15) is 6.04 Å². The number of aliphatic carboxylic acids is 1. The molecule has 3 N–H and O–H groups in total. The van der Waals surface area contributed by atoms with Crippen molar-refractivity contribution in [1.82, 2.24) is 10.6 Å². The molecule has 7 heteroatoms. The molecule has 1 aliphatic heterocycles. The quantitative estimate of drug-likeness (QED) is 0.624. The Morgan fingerprint density at radius 1 is 1.59 bits per heavy atom. The number of thioether (sulfide) groups is 1. The Hall–Kier alpha value is -1.24. The molecule has 1 heterocycles. The van der Waals surface area contributed by atoms with Crippen LogP contribution in [0.15, 0.2) is 0 Å². The van der Waals surface area contributed by atoms with Crippen LogP contribution < -0.4 is 10.6 Å². The molecular weight excluding hydrogens is 244 g/mol. The van der Waals surface area contributed by atoms with E-state index in [1.165, 1.54) is 11.8 Å². The predicted molar refractivity (Wildman–Crippen MR) is 63.7 cm³/mol. The molecule has 0 saturated carbocycles. The summed E-state index contributed by atoms with van der Waals surface area (Å²) >= 11 is 1.22. The van der Waals surface area contributed by atoms with Crippen LogP contribution in [0.4, 0.5) is 0 Å². The molecule has 6 nitrogen and oxygen atoms in total. The van der Waals surface area contributed by atoms with Crippen LogP contribution in [0.25, 0.3) is 0 Å². The van der Waals surface area contributed by atoms with Gasteiger partial charge in [-0.15, -0.1) is 11.8 Å². The maximum atomic E-state index is 11.5. The molecular formula is C10H16N2O4S. The SMILES string of the molecule is CCCNC(=O)CC1SCC(C(=O)O)NC1=O. The molecule has 0 bridgehead atoms. The monoisotopic (exact) mass is 260 g/mol. The van der Waals surface area contributed by atoms with Gasteiger partial charge in [0.15, 0.2) is 0 Å². The summed E-state index contributed by atoms with van der Waals surface area (Å²) in [6, 6.07) is -0.845. The van der Waals surface area contributed by atoms with Crippen molar-refractivity contribution in [3.8, 4) is 0 Å². The molecule has 1 fully saturated rings. The van der Waals surface area contributed by atoms with Gasteiger partial charge in [0.25, 0.3) is 0 Å². The average molecular weight is 260 g/mol. The highest BCUT2D eigenvalue weighted by Crippen LogP contribution is 2.20. The Kier molecular flexibility index (Phi) is 5.27. The van der Waals surface area contributed by atoms with Gasteiger partial charge in [-0.3, -0.25) is 9.59 Å². The zero-order chi connectivity index (χ0) is 12.8. The van der Waals surface area contributed by atoms with E-state index < -0.39 is 17.3 Å². The van der Waals surface area contributed by atoms with Crippen molar-refractivity contribution in [2.75, 3.05) is 12.3 Å². The maximum absolute atomic E-state index is 11.5. The lowest BCUT2D eigenvalue weighted by atomic mass is 10.2. The Labute approximate surface area is 104 Å². The van der Waals surface area contributed by atoms with E-state index in [-0.39, 0.29) is 18.2 Å². The number of rotatable bonds is 5. The van der Waals surface area contributed by atoms with Crippen LogP contribution in [0.3, 0.4) is 0 Å². The minimum Gasteiger partial charge on any atom is -0.480 e. The van der Waals surface area contributed by atoms with Crippen LogP contribution in [0.5, 0.6) is 0 Å². The highest BCUT2D eigenvalue weighted by Gasteiger charge is 2.33. The summed E-state index contributed by atoms with van der Waals surface area (Å²) in [5.74, 6) is -1.29. The number of carbonyl (C=O) groups excluding carboxylic acids is 2. The molecule has 0 spiro atoms. The highest BCUT2D eigenvalue weighted by molar-refractivity contribution is 8.00. The molecule has 2 atom stereocenters. The fourth-order valence-corrected chi connectivity index (χ4v) is 2.52. The summed E-state index contributed by atoms with van der Waals surface area (Å²) in [5, 5.41) is 13.3. The van der Waals surface area contributed by atoms with Crippen LogP contribution in [0.1, 0.15) is 19.8 Å². The molecule has 0 radical (unpaired) electrons. The van der Waals surface area contributed by atoms with Crippen LogP contribution in [0.2, 0.25) is 0 Å². The first-order valence-electron chi connectivity index (χ1n) is 5.46. The Bertz CT molecular complexity index is 321. The minimum atomic E-state index is -1.04. The van der Waals surface area contributed by atoms with Crippen LogP contribution in [-0.2, 0) is 14.4 Å². The number of carboxylic acid groups (broad SMARTS) is 1. The Morgan fingerprint density at radius 2 is 2.29 bits per heavy atom. The second kappa shape index (κ2) is 6.48. The zero-order valence-corrected chi connectivity index (χ0v) is 10.4. The molecule has 2 unspecified atom stereocenters. The summed E-state index contributed by atoms with van der Waals surface area (Å²) in [6.07, 6.45) is 0.944. The van der Waals surface area contributed by atoms with E-state index in [2.05, 4.69) is 10.6 Å². The molecule has 0 aliphatic carbocycles. The van der Waals surface area contributed by atoms with Gasteiger partial charge in [-0.05, 0) is 6.42 Å². The maximum Gasteiger partial charge on any atom is 0.327 e. The molecule has 2 amide bonds. The second-order valence-corrected chi connectivity index (χ2v) is 5.01. The topological polar surface area (TPSA) is 95.5 Å². The Balaban J connectivity index is 2.39. The van der Waals surface area contributed by atoms with Gasteiger partial charge in [0.05, 0.1) is 5.25 Å². The number of carboxylic acids is 1. The van der Waals surface area contributed by atoms with E-state index in [4.69, 9.17) is 5.11 Å². The summed E-state index contributed by atoms with van der Waals surface area (Å²) in [4.78, 5) is 33.6. The third-order valence-corrected chi connectivity index (χ3v) is 3.62. The van der Waals surface area contributed by atoms with E-state index in [0.29, 0.717) is 12.3 Å². The van der Waals surface area contributed by atoms with Gasteiger partial charge in [-0.2, -0.15) is 0 Å². The van der Waals surface area contributed by atoms with E-state index in [0.717, 1.165) is 6.42 Å². The van der Waals surface area contributed by atoms with Gasteiger partial charge >= 0.3 is 5.97 Å². The standard InChI is InChI=1S/C10H16N2O4S/c1-2-3-11-8(13)4-7-9(14)12-6(5-17-7)10(15)16/h6-7H,2-5H2,1H3,(H,11,13)(H,12,14)(H,15,16). The highest BCUT2D eigenvalue weighted by atomic mass is 32.2. The van der Waals surface area contributed by atoms with Crippen molar-refractivity contribution in [2.24, 2.45) is 0 Å².